The molecule has 0 aromatic heterocycles. The van der Waals surface area contributed by atoms with Crippen molar-refractivity contribution in [3.05, 3.63) is 29.3 Å². The van der Waals surface area contributed by atoms with E-state index in [4.69, 9.17) is 9.84 Å². The number of para-hydroxylation sites is 1. The van der Waals surface area contributed by atoms with Crippen LogP contribution in [-0.4, -0.2) is 24.4 Å². The van der Waals surface area contributed by atoms with E-state index in [2.05, 4.69) is 30.4 Å². The fourth-order valence-electron chi connectivity index (χ4n) is 3.72. The van der Waals surface area contributed by atoms with Gasteiger partial charge >= 0.3 is 0 Å². The number of rotatable bonds is 4. The van der Waals surface area contributed by atoms with Gasteiger partial charge in [0.25, 0.3) is 0 Å². The second-order valence-corrected chi connectivity index (χ2v) is 6.11. The summed E-state index contributed by atoms with van der Waals surface area (Å²) in [7, 11) is 0. The molecule has 0 amide bonds. The van der Waals surface area contributed by atoms with E-state index in [9.17, 15) is 0 Å². The van der Waals surface area contributed by atoms with Crippen LogP contribution in [0.15, 0.2) is 18.2 Å². The van der Waals surface area contributed by atoms with Crippen molar-refractivity contribution in [2.45, 2.75) is 51.2 Å². The van der Waals surface area contributed by atoms with Gasteiger partial charge in [-0.1, -0.05) is 18.2 Å². The topological polar surface area (TPSA) is 41.5 Å². The molecule has 20 heavy (non-hydrogen) atoms. The minimum absolute atomic E-state index is 0.263. The molecule has 3 nitrogen and oxygen atoms in total. The molecule has 0 spiro atoms. The number of fused-ring (bicyclic) bond motifs is 3. The molecular formula is C17H25NO2. The van der Waals surface area contributed by atoms with Gasteiger partial charge in [-0.2, -0.15) is 0 Å². The largest absolute Gasteiger partial charge is 0.396 e. The number of benzene rings is 1. The number of aliphatic hydroxyl groups is 1. The first-order valence-corrected chi connectivity index (χ1v) is 7.90. The molecule has 2 aliphatic heterocycles. The van der Waals surface area contributed by atoms with Gasteiger partial charge in [-0.15, -0.1) is 0 Å². The van der Waals surface area contributed by atoms with E-state index < -0.39 is 0 Å². The van der Waals surface area contributed by atoms with Crippen LogP contribution in [-0.2, 0) is 4.74 Å². The predicted molar refractivity (Wildman–Crippen MR) is 80.9 cm³/mol. The molecule has 1 aromatic rings. The average Bonchev–Trinajstić information content (AvgIpc) is 2.48. The molecule has 3 atom stereocenters. The lowest BCUT2D eigenvalue weighted by atomic mass is 9.78. The van der Waals surface area contributed by atoms with E-state index in [-0.39, 0.29) is 6.10 Å². The normalized spacial score (nSPS) is 28.4. The lowest BCUT2D eigenvalue weighted by Gasteiger charge is -2.43. The van der Waals surface area contributed by atoms with Crippen LogP contribution in [0.25, 0.3) is 0 Å². The molecule has 1 fully saturated rings. The van der Waals surface area contributed by atoms with E-state index in [0.29, 0.717) is 18.6 Å². The molecule has 0 saturated carbocycles. The lowest BCUT2D eigenvalue weighted by Crippen LogP contribution is -2.41. The molecule has 110 valence electrons. The third kappa shape index (κ3) is 2.57. The van der Waals surface area contributed by atoms with Crippen LogP contribution in [0.5, 0.6) is 0 Å². The first-order valence-electron chi connectivity index (χ1n) is 7.90. The third-order valence-corrected chi connectivity index (χ3v) is 4.75. The Morgan fingerprint density at radius 3 is 3.10 bits per heavy atom. The Morgan fingerprint density at radius 2 is 2.25 bits per heavy atom. The van der Waals surface area contributed by atoms with Crippen molar-refractivity contribution < 1.29 is 9.84 Å². The molecule has 2 aliphatic rings. The standard InChI is InChI=1S/C17H25NO2/c1-12-6-4-7-14-16(12)18-15(9-2-3-10-19)13-8-5-11-20-17(13)14/h4,6-7,13,15,17-19H,2-3,5,8-11H2,1H3/t13-,15+,17-/m0/s1. The zero-order valence-corrected chi connectivity index (χ0v) is 12.3. The van der Waals surface area contributed by atoms with Gasteiger partial charge in [-0.3, -0.25) is 0 Å². The van der Waals surface area contributed by atoms with Crippen molar-refractivity contribution in [1.29, 1.82) is 0 Å². The summed E-state index contributed by atoms with van der Waals surface area (Å²) in [5, 5.41) is 12.7. The molecular weight excluding hydrogens is 250 g/mol. The Balaban J connectivity index is 1.85. The highest BCUT2D eigenvalue weighted by molar-refractivity contribution is 5.61. The molecule has 0 radical (unpaired) electrons. The van der Waals surface area contributed by atoms with Gasteiger partial charge in [-0.05, 0) is 44.6 Å². The number of aliphatic hydroxyl groups excluding tert-OH is 1. The summed E-state index contributed by atoms with van der Waals surface area (Å²) in [5.41, 5.74) is 3.93. The van der Waals surface area contributed by atoms with Gasteiger partial charge in [0.2, 0.25) is 0 Å². The van der Waals surface area contributed by atoms with Gasteiger partial charge < -0.3 is 15.2 Å². The second-order valence-electron chi connectivity index (χ2n) is 6.11. The molecule has 0 aliphatic carbocycles. The molecule has 3 heteroatoms. The zero-order chi connectivity index (χ0) is 13.9. The van der Waals surface area contributed by atoms with Crippen molar-refractivity contribution >= 4 is 5.69 Å². The van der Waals surface area contributed by atoms with Gasteiger partial charge in [0, 0.05) is 36.4 Å². The van der Waals surface area contributed by atoms with Gasteiger partial charge in [0.05, 0.1) is 6.10 Å². The van der Waals surface area contributed by atoms with Crippen LogP contribution in [0.3, 0.4) is 0 Å². The summed E-state index contributed by atoms with van der Waals surface area (Å²) in [5.74, 6) is 0.580. The summed E-state index contributed by atoms with van der Waals surface area (Å²) < 4.78 is 6.11. The molecule has 1 saturated heterocycles. The highest BCUT2D eigenvalue weighted by Crippen LogP contribution is 2.45. The maximum atomic E-state index is 8.98. The third-order valence-electron chi connectivity index (χ3n) is 4.75. The van der Waals surface area contributed by atoms with Crippen molar-refractivity contribution in [2.24, 2.45) is 5.92 Å². The molecule has 3 rings (SSSR count). The van der Waals surface area contributed by atoms with Gasteiger partial charge in [0.1, 0.15) is 0 Å². The van der Waals surface area contributed by atoms with Crippen molar-refractivity contribution in [3.8, 4) is 0 Å². The molecule has 1 aromatic carbocycles. The number of nitrogens with one attached hydrogen (secondary N) is 1. The minimum atomic E-state index is 0.263. The van der Waals surface area contributed by atoms with Gasteiger partial charge in [-0.25, -0.2) is 0 Å². The number of unbranched alkanes of at least 4 members (excludes halogenated alkanes) is 1. The smallest absolute Gasteiger partial charge is 0.0892 e. The van der Waals surface area contributed by atoms with Crippen LogP contribution in [0, 0.1) is 12.8 Å². The molecule has 2 N–H and O–H groups in total. The summed E-state index contributed by atoms with van der Waals surface area (Å²) in [6.45, 7) is 3.35. The Labute approximate surface area is 121 Å². The van der Waals surface area contributed by atoms with E-state index in [1.54, 1.807) is 0 Å². The maximum absolute atomic E-state index is 8.98. The molecule has 0 unspecified atom stereocenters. The quantitative estimate of drug-likeness (QED) is 0.827. The maximum Gasteiger partial charge on any atom is 0.0892 e. The fraction of sp³-hybridized carbons (Fsp3) is 0.647. The predicted octanol–water partition coefficient (Wildman–Crippen LogP) is 3.42. The first-order chi connectivity index (χ1) is 9.81. The number of anilines is 1. The van der Waals surface area contributed by atoms with Crippen molar-refractivity contribution in [2.75, 3.05) is 18.5 Å². The Bertz CT molecular complexity index is 460. The summed E-state index contributed by atoms with van der Waals surface area (Å²) in [4.78, 5) is 0. The first kappa shape index (κ1) is 13.9. The fourth-order valence-corrected chi connectivity index (χ4v) is 3.72. The van der Waals surface area contributed by atoms with Crippen LogP contribution in [0.1, 0.15) is 49.3 Å². The zero-order valence-electron chi connectivity index (χ0n) is 12.3. The summed E-state index contributed by atoms with van der Waals surface area (Å²) in [6, 6.07) is 7.00. The Hall–Kier alpha value is -1.06. The van der Waals surface area contributed by atoms with Crippen LogP contribution >= 0.6 is 0 Å². The summed E-state index contributed by atoms with van der Waals surface area (Å²) >= 11 is 0. The average molecular weight is 275 g/mol. The van der Waals surface area contributed by atoms with E-state index >= 15 is 0 Å². The SMILES string of the molecule is Cc1cccc2c1N[C@H](CCCCO)[C@@H]1CCCO[C@H]21. The lowest BCUT2D eigenvalue weighted by molar-refractivity contribution is -0.0387. The Kier molecular flexibility index (Phi) is 4.27. The highest BCUT2D eigenvalue weighted by atomic mass is 16.5. The summed E-state index contributed by atoms with van der Waals surface area (Å²) in [6.07, 6.45) is 5.78. The molecule has 2 heterocycles. The van der Waals surface area contributed by atoms with Crippen LogP contribution in [0.4, 0.5) is 5.69 Å². The van der Waals surface area contributed by atoms with Gasteiger partial charge in [0.15, 0.2) is 0 Å². The number of aryl methyl sites for hydroxylation is 1. The van der Waals surface area contributed by atoms with E-state index in [0.717, 1.165) is 25.9 Å². The van der Waals surface area contributed by atoms with E-state index in [1.807, 2.05) is 0 Å². The number of hydrogen-bond acceptors (Lipinski definition) is 3. The number of ether oxygens (including phenoxy) is 1. The van der Waals surface area contributed by atoms with Crippen molar-refractivity contribution in [3.63, 3.8) is 0 Å². The van der Waals surface area contributed by atoms with Crippen LogP contribution < -0.4 is 5.32 Å². The van der Waals surface area contributed by atoms with E-state index in [1.165, 1.54) is 29.7 Å². The van der Waals surface area contributed by atoms with Crippen molar-refractivity contribution in [1.82, 2.24) is 0 Å². The minimum Gasteiger partial charge on any atom is -0.396 e. The monoisotopic (exact) mass is 275 g/mol. The second kappa shape index (κ2) is 6.15. The van der Waals surface area contributed by atoms with Crippen LogP contribution in [0.2, 0.25) is 0 Å². The number of hydrogen-bond donors (Lipinski definition) is 2. The molecule has 0 bridgehead atoms. The highest BCUT2D eigenvalue weighted by Gasteiger charge is 2.38. The Morgan fingerprint density at radius 1 is 1.35 bits per heavy atom.